The van der Waals surface area contributed by atoms with Crippen LogP contribution in [0.15, 0.2) is 84.2 Å². The first-order valence-electron chi connectivity index (χ1n) is 11.7. The summed E-state index contributed by atoms with van der Waals surface area (Å²) >= 11 is 6.07. The lowest BCUT2D eigenvalue weighted by atomic mass is 9.91. The predicted octanol–water partition coefficient (Wildman–Crippen LogP) is 3.81. The van der Waals surface area contributed by atoms with Gasteiger partial charge in [0.05, 0.1) is 23.0 Å². The van der Waals surface area contributed by atoms with Crippen LogP contribution >= 0.6 is 11.6 Å². The van der Waals surface area contributed by atoms with E-state index in [1.165, 1.54) is 28.5 Å². The van der Waals surface area contributed by atoms with E-state index >= 15 is 0 Å². The minimum atomic E-state index is -0.262. The molecule has 8 heteroatoms. The molecule has 7 nitrogen and oxygen atoms in total. The van der Waals surface area contributed by atoms with Crippen molar-refractivity contribution in [2.24, 2.45) is 0 Å². The number of hydrogen-bond acceptors (Lipinski definition) is 4. The van der Waals surface area contributed by atoms with Gasteiger partial charge >= 0.3 is 0 Å². The number of carbonyl (C=O) groups excluding carboxylic acids is 1. The Balaban J connectivity index is 1.40. The maximum Gasteiger partial charge on any atom is 0.251 e. The predicted molar refractivity (Wildman–Crippen MR) is 136 cm³/mol. The van der Waals surface area contributed by atoms with Crippen LogP contribution in [-0.2, 0) is 37.3 Å². The molecule has 0 saturated carbocycles. The minimum absolute atomic E-state index is 0.0669. The lowest BCUT2D eigenvalue weighted by molar-refractivity contribution is -0.135. The molecule has 0 aliphatic carbocycles. The zero-order valence-corrected chi connectivity index (χ0v) is 20.3. The van der Waals surface area contributed by atoms with E-state index in [-0.39, 0.29) is 24.1 Å². The van der Waals surface area contributed by atoms with Crippen molar-refractivity contribution in [3.8, 4) is 6.07 Å². The molecule has 1 aliphatic heterocycles. The molecule has 0 saturated heterocycles. The summed E-state index contributed by atoms with van der Waals surface area (Å²) in [7, 11) is 0. The smallest absolute Gasteiger partial charge is 0.251 e. The fourth-order valence-electron chi connectivity index (χ4n) is 4.71. The average Bonchev–Trinajstić information content (AvgIpc) is 3.32. The van der Waals surface area contributed by atoms with Crippen LogP contribution in [0.3, 0.4) is 0 Å². The van der Waals surface area contributed by atoms with Crippen molar-refractivity contribution in [1.82, 2.24) is 19.0 Å². The summed E-state index contributed by atoms with van der Waals surface area (Å²) in [5, 5.41) is 9.46. The Morgan fingerprint density at radius 3 is 2.61 bits per heavy atom. The van der Waals surface area contributed by atoms with Crippen molar-refractivity contribution < 1.29 is 4.79 Å². The summed E-state index contributed by atoms with van der Waals surface area (Å²) in [5.74, 6) is -0.128. The minimum Gasteiger partial charge on any atom is -0.333 e. The van der Waals surface area contributed by atoms with Gasteiger partial charge in [-0.1, -0.05) is 48.0 Å². The maximum absolute atomic E-state index is 13.5. The Bertz CT molecular complexity index is 1500. The second-order valence-corrected chi connectivity index (χ2v) is 9.42. The van der Waals surface area contributed by atoms with Gasteiger partial charge in [0, 0.05) is 49.7 Å². The first-order valence-corrected chi connectivity index (χ1v) is 12.1. The molecule has 2 aromatic carbocycles. The van der Waals surface area contributed by atoms with Gasteiger partial charge in [-0.3, -0.25) is 9.59 Å². The van der Waals surface area contributed by atoms with E-state index < -0.39 is 0 Å². The summed E-state index contributed by atoms with van der Waals surface area (Å²) in [4.78, 5) is 32.0. The molecule has 1 unspecified atom stereocenters. The average molecular weight is 498 g/mol. The Kier molecular flexibility index (Phi) is 6.70. The number of aromatic nitrogens is 3. The molecule has 0 spiro atoms. The van der Waals surface area contributed by atoms with Crippen LogP contribution in [0, 0.1) is 11.3 Å². The quantitative estimate of drug-likeness (QED) is 0.405. The number of benzene rings is 2. The van der Waals surface area contributed by atoms with E-state index in [2.05, 4.69) is 21.7 Å². The number of hydrogen-bond donors (Lipinski definition) is 0. The number of amides is 1. The van der Waals surface area contributed by atoms with Crippen molar-refractivity contribution in [1.29, 1.82) is 5.26 Å². The van der Waals surface area contributed by atoms with Crippen LogP contribution in [0.4, 0.5) is 0 Å². The van der Waals surface area contributed by atoms with Crippen LogP contribution < -0.4 is 5.56 Å². The van der Waals surface area contributed by atoms with Gasteiger partial charge in [0.2, 0.25) is 5.91 Å². The van der Waals surface area contributed by atoms with Gasteiger partial charge in [-0.05, 0) is 41.3 Å². The molecule has 36 heavy (non-hydrogen) atoms. The summed E-state index contributed by atoms with van der Waals surface area (Å²) in [6.07, 6.45) is 6.48. The highest BCUT2D eigenvalue weighted by Crippen LogP contribution is 2.26. The van der Waals surface area contributed by atoms with E-state index in [0.29, 0.717) is 36.5 Å². The number of pyridine rings is 1. The summed E-state index contributed by atoms with van der Waals surface area (Å²) in [6.45, 7) is 1.04. The molecule has 0 bridgehead atoms. The number of rotatable bonds is 6. The van der Waals surface area contributed by atoms with Crippen molar-refractivity contribution in [3.63, 3.8) is 0 Å². The van der Waals surface area contributed by atoms with Crippen molar-refractivity contribution in [2.75, 3.05) is 0 Å². The number of halogens is 1. The number of carbonyl (C=O) groups is 1. The Labute approximate surface area is 213 Å². The summed E-state index contributed by atoms with van der Waals surface area (Å²) < 4.78 is 3.43. The van der Waals surface area contributed by atoms with Gasteiger partial charge in [-0.15, -0.1) is 0 Å². The molecule has 1 atom stereocenters. The molecule has 3 heterocycles. The summed E-state index contributed by atoms with van der Waals surface area (Å²) in [5.41, 5.74) is 4.79. The normalized spacial score (nSPS) is 14.8. The zero-order chi connectivity index (χ0) is 25.1. The number of nitriles is 1. The molecule has 1 aliphatic rings. The Hall–Kier alpha value is -4.15. The molecule has 4 aromatic rings. The van der Waals surface area contributed by atoms with E-state index in [9.17, 15) is 9.59 Å². The van der Waals surface area contributed by atoms with Crippen LogP contribution in [-0.4, -0.2) is 31.0 Å². The standard InChI is InChI=1S/C28H24ClN5O2/c29-24-9-10-27(35)32(17-24)18-28(36)34-16-23-4-2-1-3-22(23)11-25(34)12-26-14-31-19-33(26)15-21-7-5-20(13-30)6-8-21/h1-10,14,17,19,25H,11-12,15-16,18H2. The van der Waals surface area contributed by atoms with Crippen LogP contribution in [0.2, 0.25) is 5.02 Å². The van der Waals surface area contributed by atoms with Crippen LogP contribution in [0.5, 0.6) is 0 Å². The van der Waals surface area contributed by atoms with Crippen molar-refractivity contribution in [2.45, 2.75) is 38.5 Å². The topological polar surface area (TPSA) is 83.9 Å². The van der Waals surface area contributed by atoms with Crippen LogP contribution in [0.25, 0.3) is 0 Å². The third-order valence-electron chi connectivity index (χ3n) is 6.61. The number of imidazole rings is 1. The van der Waals surface area contributed by atoms with E-state index in [1.54, 1.807) is 6.33 Å². The number of fused-ring (bicyclic) bond motifs is 1. The second-order valence-electron chi connectivity index (χ2n) is 8.99. The Morgan fingerprint density at radius 1 is 1.06 bits per heavy atom. The first-order chi connectivity index (χ1) is 17.5. The van der Waals surface area contributed by atoms with E-state index in [4.69, 9.17) is 16.9 Å². The number of nitrogens with zero attached hydrogens (tertiary/aromatic N) is 5. The van der Waals surface area contributed by atoms with Gasteiger partial charge in [0.25, 0.3) is 5.56 Å². The third kappa shape index (κ3) is 5.09. The molecule has 0 radical (unpaired) electrons. The fraction of sp³-hybridized carbons (Fsp3) is 0.214. The molecular weight excluding hydrogens is 474 g/mol. The third-order valence-corrected chi connectivity index (χ3v) is 6.83. The van der Waals surface area contributed by atoms with Gasteiger partial charge in [-0.2, -0.15) is 5.26 Å². The molecule has 180 valence electrons. The highest BCUT2D eigenvalue weighted by molar-refractivity contribution is 6.30. The van der Waals surface area contributed by atoms with Gasteiger partial charge < -0.3 is 14.0 Å². The Morgan fingerprint density at radius 2 is 1.83 bits per heavy atom. The second kappa shape index (κ2) is 10.2. The highest BCUT2D eigenvalue weighted by atomic mass is 35.5. The zero-order valence-electron chi connectivity index (χ0n) is 19.5. The van der Waals surface area contributed by atoms with E-state index in [1.807, 2.05) is 53.6 Å². The monoisotopic (exact) mass is 497 g/mol. The fourth-order valence-corrected chi connectivity index (χ4v) is 4.89. The van der Waals surface area contributed by atoms with Crippen molar-refractivity contribution in [3.05, 3.63) is 123 Å². The van der Waals surface area contributed by atoms with Crippen molar-refractivity contribution >= 4 is 17.5 Å². The molecule has 0 N–H and O–H groups in total. The largest absolute Gasteiger partial charge is 0.333 e. The molecule has 5 rings (SSSR count). The molecule has 0 fully saturated rings. The first kappa shape index (κ1) is 23.6. The highest BCUT2D eigenvalue weighted by Gasteiger charge is 2.30. The SMILES string of the molecule is N#Cc1ccc(Cn2cncc2CC2Cc3ccccc3CN2C(=O)Cn2cc(Cl)ccc2=O)cc1. The van der Waals surface area contributed by atoms with Crippen LogP contribution in [0.1, 0.15) is 27.9 Å². The molecular formula is C28H24ClN5O2. The lowest BCUT2D eigenvalue weighted by Gasteiger charge is -2.37. The van der Waals surface area contributed by atoms with Gasteiger partial charge in [0.15, 0.2) is 0 Å². The van der Waals surface area contributed by atoms with Gasteiger partial charge in [0.1, 0.15) is 6.54 Å². The van der Waals surface area contributed by atoms with Gasteiger partial charge in [-0.25, -0.2) is 4.98 Å². The molecule has 1 amide bonds. The molecule has 2 aromatic heterocycles. The summed E-state index contributed by atoms with van der Waals surface area (Å²) in [6, 6.07) is 20.6. The lowest BCUT2D eigenvalue weighted by Crippen LogP contribution is -2.47. The maximum atomic E-state index is 13.5. The van der Waals surface area contributed by atoms with E-state index in [0.717, 1.165) is 16.8 Å².